The Labute approximate surface area is 118 Å². The molecule has 1 saturated carbocycles. The molecule has 0 aromatic heterocycles. The molecule has 3 atom stereocenters. The van der Waals surface area contributed by atoms with Crippen molar-refractivity contribution in [2.75, 3.05) is 13.1 Å². The van der Waals surface area contributed by atoms with E-state index in [0.29, 0.717) is 23.8 Å². The third-order valence-corrected chi connectivity index (χ3v) is 4.93. The minimum Gasteiger partial charge on any atom is -0.335 e. The molecule has 3 nitrogen and oxygen atoms in total. The SMILES string of the molecule is CC1CCCN(C(=O)NC2CCCCC2C(C)C)C1. The van der Waals surface area contributed by atoms with E-state index in [9.17, 15) is 4.79 Å². The molecule has 2 aliphatic rings. The van der Waals surface area contributed by atoms with Gasteiger partial charge in [0.25, 0.3) is 0 Å². The molecule has 0 spiro atoms. The molecule has 1 aliphatic heterocycles. The molecule has 1 heterocycles. The largest absolute Gasteiger partial charge is 0.335 e. The van der Waals surface area contributed by atoms with Gasteiger partial charge in [-0.05, 0) is 43.4 Å². The minimum atomic E-state index is 0.184. The molecule has 19 heavy (non-hydrogen) atoms. The fourth-order valence-electron chi connectivity index (χ4n) is 3.76. The molecule has 1 saturated heterocycles. The van der Waals surface area contributed by atoms with Crippen molar-refractivity contribution in [3.8, 4) is 0 Å². The van der Waals surface area contributed by atoms with Crippen LogP contribution in [0.25, 0.3) is 0 Å². The number of hydrogen-bond acceptors (Lipinski definition) is 1. The number of nitrogens with zero attached hydrogens (tertiary/aromatic N) is 1. The monoisotopic (exact) mass is 266 g/mol. The highest BCUT2D eigenvalue weighted by molar-refractivity contribution is 5.74. The average Bonchev–Trinajstić information content (AvgIpc) is 2.39. The summed E-state index contributed by atoms with van der Waals surface area (Å²) in [6, 6.07) is 0.586. The molecule has 0 radical (unpaired) electrons. The highest BCUT2D eigenvalue weighted by atomic mass is 16.2. The van der Waals surface area contributed by atoms with E-state index in [1.807, 2.05) is 4.90 Å². The van der Waals surface area contributed by atoms with Crippen LogP contribution < -0.4 is 5.32 Å². The molecular formula is C16H30N2O. The maximum Gasteiger partial charge on any atom is 0.317 e. The van der Waals surface area contributed by atoms with Gasteiger partial charge in [-0.1, -0.05) is 33.6 Å². The van der Waals surface area contributed by atoms with E-state index in [4.69, 9.17) is 0 Å². The van der Waals surface area contributed by atoms with Gasteiger partial charge in [0.1, 0.15) is 0 Å². The molecule has 2 fully saturated rings. The topological polar surface area (TPSA) is 32.3 Å². The number of rotatable bonds is 2. The molecule has 3 unspecified atom stereocenters. The van der Waals surface area contributed by atoms with Gasteiger partial charge in [0, 0.05) is 19.1 Å². The Hall–Kier alpha value is -0.730. The number of nitrogens with one attached hydrogen (secondary N) is 1. The zero-order valence-electron chi connectivity index (χ0n) is 12.8. The Morgan fingerprint density at radius 1 is 1.16 bits per heavy atom. The van der Waals surface area contributed by atoms with Gasteiger partial charge in [0.15, 0.2) is 0 Å². The van der Waals surface area contributed by atoms with Crippen LogP contribution in [0.3, 0.4) is 0 Å². The van der Waals surface area contributed by atoms with Crippen molar-refractivity contribution in [1.82, 2.24) is 10.2 Å². The Morgan fingerprint density at radius 2 is 1.89 bits per heavy atom. The standard InChI is InChI=1S/C16H30N2O/c1-12(2)14-8-4-5-9-15(14)17-16(19)18-10-6-7-13(3)11-18/h12-15H,4-11H2,1-3H3,(H,17,19). The van der Waals surface area contributed by atoms with Gasteiger partial charge in [-0.15, -0.1) is 0 Å². The quantitative estimate of drug-likeness (QED) is 0.813. The molecule has 3 heteroatoms. The number of piperidine rings is 1. The van der Waals surface area contributed by atoms with Crippen molar-refractivity contribution in [2.24, 2.45) is 17.8 Å². The first kappa shape index (κ1) is 14.7. The Kier molecular flexibility index (Phi) is 5.12. The first-order chi connectivity index (χ1) is 9.08. The average molecular weight is 266 g/mol. The van der Waals surface area contributed by atoms with Gasteiger partial charge < -0.3 is 10.2 Å². The molecule has 0 aromatic carbocycles. The molecule has 2 amide bonds. The number of amides is 2. The van der Waals surface area contributed by atoms with Gasteiger partial charge >= 0.3 is 6.03 Å². The fourth-order valence-corrected chi connectivity index (χ4v) is 3.76. The zero-order chi connectivity index (χ0) is 13.8. The van der Waals surface area contributed by atoms with E-state index < -0.39 is 0 Å². The Bertz CT molecular complexity index is 303. The molecule has 110 valence electrons. The summed E-state index contributed by atoms with van der Waals surface area (Å²) in [5.74, 6) is 2.00. The van der Waals surface area contributed by atoms with Crippen LogP contribution in [0.2, 0.25) is 0 Å². The number of carbonyl (C=O) groups excluding carboxylic acids is 1. The Morgan fingerprint density at radius 3 is 2.58 bits per heavy atom. The normalized spacial score (nSPS) is 32.4. The van der Waals surface area contributed by atoms with Crippen LogP contribution in [0.4, 0.5) is 4.79 Å². The third-order valence-electron chi connectivity index (χ3n) is 4.93. The van der Waals surface area contributed by atoms with E-state index in [1.54, 1.807) is 0 Å². The van der Waals surface area contributed by atoms with Crippen molar-refractivity contribution in [3.63, 3.8) is 0 Å². The van der Waals surface area contributed by atoms with Crippen molar-refractivity contribution >= 4 is 6.03 Å². The van der Waals surface area contributed by atoms with Crippen molar-refractivity contribution in [3.05, 3.63) is 0 Å². The molecular weight excluding hydrogens is 236 g/mol. The van der Waals surface area contributed by atoms with Crippen LogP contribution in [0.1, 0.15) is 59.3 Å². The summed E-state index contributed by atoms with van der Waals surface area (Å²) in [4.78, 5) is 14.4. The summed E-state index contributed by atoms with van der Waals surface area (Å²) in [6.07, 6.45) is 7.46. The fraction of sp³-hybridized carbons (Fsp3) is 0.938. The molecule has 0 aromatic rings. The summed E-state index contributed by atoms with van der Waals surface area (Å²) >= 11 is 0. The lowest BCUT2D eigenvalue weighted by Crippen LogP contribution is -2.51. The number of urea groups is 1. The summed E-state index contributed by atoms with van der Waals surface area (Å²) in [5, 5.41) is 3.33. The molecule has 2 rings (SSSR count). The van der Waals surface area contributed by atoms with Gasteiger partial charge in [-0.25, -0.2) is 4.79 Å². The minimum absolute atomic E-state index is 0.184. The second-order valence-corrected chi connectivity index (χ2v) is 6.94. The van der Waals surface area contributed by atoms with E-state index in [-0.39, 0.29) is 6.03 Å². The van der Waals surface area contributed by atoms with Crippen LogP contribution in [-0.4, -0.2) is 30.1 Å². The van der Waals surface area contributed by atoms with E-state index in [2.05, 4.69) is 26.1 Å². The van der Waals surface area contributed by atoms with Crippen LogP contribution in [-0.2, 0) is 0 Å². The second kappa shape index (κ2) is 6.62. The maximum absolute atomic E-state index is 12.4. The molecule has 1 aliphatic carbocycles. The molecule has 1 N–H and O–H groups in total. The molecule has 0 bridgehead atoms. The zero-order valence-corrected chi connectivity index (χ0v) is 12.8. The predicted octanol–water partition coefficient (Wildman–Crippen LogP) is 3.64. The third kappa shape index (κ3) is 3.87. The van der Waals surface area contributed by atoms with Crippen LogP contribution >= 0.6 is 0 Å². The van der Waals surface area contributed by atoms with Gasteiger partial charge in [0.2, 0.25) is 0 Å². The van der Waals surface area contributed by atoms with Gasteiger partial charge in [-0.2, -0.15) is 0 Å². The highest BCUT2D eigenvalue weighted by Crippen LogP contribution is 2.30. The van der Waals surface area contributed by atoms with Gasteiger partial charge in [0.05, 0.1) is 0 Å². The first-order valence-electron chi connectivity index (χ1n) is 8.13. The smallest absolute Gasteiger partial charge is 0.317 e. The lowest BCUT2D eigenvalue weighted by atomic mass is 9.78. The first-order valence-corrected chi connectivity index (χ1v) is 8.13. The highest BCUT2D eigenvalue weighted by Gasteiger charge is 2.30. The summed E-state index contributed by atoms with van der Waals surface area (Å²) < 4.78 is 0. The maximum atomic E-state index is 12.4. The Balaban J connectivity index is 1.89. The number of carbonyl (C=O) groups is 1. The van der Waals surface area contributed by atoms with Crippen molar-refractivity contribution in [2.45, 2.75) is 65.3 Å². The van der Waals surface area contributed by atoms with Crippen LogP contribution in [0.15, 0.2) is 0 Å². The van der Waals surface area contributed by atoms with Crippen LogP contribution in [0, 0.1) is 17.8 Å². The van der Waals surface area contributed by atoms with E-state index in [0.717, 1.165) is 25.9 Å². The van der Waals surface area contributed by atoms with Crippen LogP contribution in [0.5, 0.6) is 0 Å². The number of likely N-dealkylation sites (tertiary alicyclic amines) is 1. The predicted molar refractivity (Wildman–Crippen MR) is 79.1 cm³/mol. The summed E-state index contributed by atoms with van der Waals surface area (Å²) in [7, 11) is 0. The van der Waals surface area contributed by atoms with Crippen molar-refractivity contribution in [1.29, 1.82) is 0 Å². The lowest BCUT2D eigenvalue weighted by Gasteiger charge is -2.38. The van der Waals surface area contributed by atoms with E-state index >= 15 is 0 Å². The summed E-state index contributed by atoms with van der Waals surface area (Å²) in [6.45, 7) is 8.70. The number of hydrogen-bond donors (Lipinski definition) is 1. The lowest BCUT2D eigenvalue weighted by molar-refractivity contribution is 0.149. The van der Waals surface area contributed by atoms with Gasteiger partial charge in [-0.3, -0.25) is 0 Å². The van der Waals surface area contributed by atoms with Crippen molar-refractivity contribution < 1.29 is 4.79 Å². The van der Waals surface area contributed by atoms with E-state index in [1.165, 1.54) is 25.7 Å². The summed E-state index contributed by atoms with van der Waals surface area (Å²) in [5.41, 5.74) is 0. The second-order valence-electron chi connectivity index (χ2n) is 6.94.